The van der Waals surface area contributed by atoms with Crippen molar-refractivity contribution in [1.82, 2.24) is 0 Å². The fourth-order valence-corrected chi connectivity index (χ4v) is 4.78. The van der Waals surface area contributed by atoms with Gasteiger partial charge >= 0.3 is 0 Å². The minimum Gasteiger partial charge on any atom is -0.295 e. The lowest BCUT2D eigenvalue weighted by atomic mass is 9.49. The van der Waals surface area contributed by atoms with E-state index in [4.69, 9.17) is 0 Å². The molecule has 102 valence electrons. The van der Waals surface area contributed by atoms with Gasteiger partial charge in [-0.05, 0) is 42.2 Å². The number of hydrogen-bond donors (Lipinski definition) is 0. The van der Waals surface area contributed by atoms with Crippen molar-refractivity contribution in [3.05, 3.63) is 23.8 Å². The highest BCUT2D eigenvalue weighted by atomic mass is 16.1. The van der Waals surface area contributed by atoms with E-state index in [-0.39, 0.29) is 34.2 Å². The van der Waals surface area contributed by atoms with Crippen LogP contribution in [0.15, 0.2) is 23.8 Å². The number of carbonyl (C=O) groups excluding carboxylic acids is 2. The molecule has 0 aromatic carbocycles. The van der Waals surface area contributed by atoms with E-state index in [9.17, 15) is 9.59 Å². The van der Waals surface area contributed by atoms with Crippen molar-refractivity contribution < 1.29 is 9.59 Å². The standard InChI is InChI=1S/C17H22O2/c1-16(2)9-4-10-17(3)14(16)8-5-11-12(18)6-7-13(19)15(11)17/h6-8,11,15H,4-5,9-10H2,1-3H3. The van der Waals surface area contributed by atoms with Crippen molar-refractivity contribution in [3.63, 3.8) is 0 Å². The topological polar surface area (TPSA) is 34.1 Å². The quantitative estimate of drug-likeness (QED) is 0.623. The molecule has 0 saturated heterocycles. The molecule has 0 aromatic rings. The number of fused-ring (bicyclic) bond motifs is 3. The molecule has 2 nitrogen and oxygen atoms in total. The van der Waals surface area contributed by atoms with Crippen molar-refractivity contribution in [2.75, 3.05) is 0 Å². The fourth-order valence-electron chi connectivity index (χ4n) is 4.78. The molecule has 0 spiro atoms. The zero-order valence-corrected chi connectivity index (χ0v) is 12.0. The van der Waals surface area contributed by atoms with Crippen LogP contribution in [0.4, 0.5) is 0 Å². The molecule has 3 atom stereocenters. The molecule has 0 heterocycles. The van der Waals surface area contributed by atoms with Gasteiger partial charge in [0.15, 0.2) is 11.6 Å². The van der Waals surface area contributed by atoms with Gasteiger partial charge in [-0.1, -0.05) is 38.8 Å². The highest BCUT2D eigenvalue weighted by molar-refractivity contribution is 6.08. The van der Waals surface area contributed by atoms with Crippen LogP contribution in [0.3, 0.4) is 0 Å². The van der Waals surface area contributed by atoms with E-state index < -0.39 is 0 Å². The lowest BCUT2D eigenvalue weighted by Gasteiger charge is -2.54. The zero-order valence-electron chi connectivity index (χ0n) is 12.0. The van der Waals surface area contributed by atoms with Crippen molar-refractivity contribution in [2.45, 2.75) is 46.5 Å². The maximum absolute atomic E-state index is 12.4. The normalized spacial score (nSPS) is 40.5. The van der Waals surface area contributed by atoms with Gasteiger partial charge in [0.05, 0.1) is 0 Å². The van der Waals surface area contributed by atoms with Gasteiger partial charge in [-0.15, -0.1) is 0 Å². The van der Waals surface area contributed by atoms with Crippen LogP contribution in [0, 0.1) is 22.7 Å². The molecule has 3 rings (SSSR count). The van der Waals surface area contributed by atoms with Gasteiger partial charge in [0.2, 0.25) is 0 Å². The summed E-state index contributed by atoms with van der Waals surface area (Å²) in [5.74, 6) is 0.0737. The van der Waals surface area contributed by atoms with Gasteiger partial charge in [-0.3, -0.25) is 9.59 Å². The molecule has 0 bridgehead atoms. The molecule has 3 aliphatic carbocycles. The van der Waals surface area contributed by atoms with Crippen molar-refractivity contribution >= 4 is 11.6 Å². The largest absolute Gasteiger partial charge is 0.295 e. The minimum atomic E-state index is -0.121. The predicted molar refractivity (Wildman–Crippen MR) is 74.6 cm³/mol. The van der Waals surface area contributed by atoms with E-state index in [1.54, 1.807) is 0 Å². The first-order chi connectivity index (χ1) is 8.86. The minimum absolute atomic E-state index is 0.109. The molecule has 3 aliphatic rings. The van der Waals surface area contributed by atoms with E-state index in [1.165, 1.54) is 24.1 Å². The second-order valence-electron chi connectivity index (χ2n) is 7.23. The average molecular weight is 258 g/mol. The first-order valence-corrected chi connectivity index (χ1v) is 7.33. The van der Waals surface area contributed by atoms with E-state index >= 15 is 0 Å². The van der Waals surface area contributed by atoms with Crippen molar-refractivity contribution in [1.29, 1.82) is 0 Å². The van der Waals surface area contributed by atoms with Gasteiger partial charge in [-0.25, -0.2) is 0 Å². The Bertz CT molecular complexity index is 509. The summed E-state index contributed by atoms with van der Waals surface area (Å²) in [6.07, 6.45) is 9.38. The third-order valence-corrected chi connectivity index (χ3v) is 5.59. The number of rotatable bonds is 0. The third-order valence-electron chi connectivity index (χ3n) is 5.59. The summed E-state index contributed by atoms with van der Waals surface area (Å²) < 4.78 is 0. The van der Waals surface area contributed by atoms with Crippen LogP contribution in [-0.4, -0.2) is 11.6 Å². The molecular formula is C17H22O2. The third kappa shape index (κ3) is 1.69. The van der Waals surface area contributed by atoms with Crippen LogP contribution < -0.4 is 0 Å². The first-order valence-electron chi connectivity index (χ1n) is 7.33. The summed E-state index contributed by atoms with van der Waals surface area (Å²) >= 11 is 0. The Hall–Kier alpha value is -1.18. The van der Waals surface area contributed by atoms with Gasteiger partial charge in [0, 0.05) is 11.8 Å². The monoisotopic (exact) mass is 258 g/mol. The van der Waals surface area contributed by atoms with Gasteiger partial charge in [0.1, 0.15) is 0 Å². The summed E-state index contributed by atoms with van der Waals surface area (Å²) in [6.45, 7) is 6.77. The van der Waals surface area contributed by atoms with E-state index in [0.29, 0.717) is 0 Å². The number of ketones is 2. The summed E-state index contributed by atoms with van der Waals surface area (Å²) in [7, 11) is 0. The van der Waals surface area contributed by atoms with E-state index in [0.717, 1.165) is 19.3 Å². The Labute approximate surface area is 115 Å². The summed E-state index contributed by atoms with van der Waals surface area (Å²) in [4.78, 5) is 24.5. The zero-order chi connectivity index (χ0) is 13.8. The summed E-state index contributed by atoms with van der Waals surface area (Å²) in [5, 5.41) is 0. The molecule has 0 aliphatic heterocycles. The molecule has 0 radical (unpaired) electrons. The van der Waals surface area contributed by atoms with Crippen molar-refractivity contribution in [3.8, 4) is 0 Å². The van der Waals surface area contributed by atoms with E-state index in [1.807, 2.05) is 0 Å². The van der Waals surface area contributed by atoms with Crippen LogP contribution in [0.1, 0.15) is 46.5 Å². The lowest BCUT2D eigenvalue weighted by molar-refractivity contribution is -0.134. The highest BCUT2D eigenvalue weighted by Crippen LogP contribution is 2.59. The number of allylic oxidation sites excluding steroid dienone is 4. The van der Waals surface area contributed by atoms with Gasteiger partial charge in [0.25, 0.3) is 0 Å². The maximum atomic E-state index is 12.4. The molecule has 0 N–H and O–H groups in total. The molecule has 0 amide bonds. The highest BCUT2D eigenvalue weighted by Gasteiger charge is 2.54. The van der Waals surface area contributed by atoms with Crippen molar-refractivity contribution in [2.24, 2.45) is 22.7 Å². The Morgan fingerprint density at radius 2 is 1.74 bits per heavy atom. The SMILES string of the molecule is CC1(C)CCCC2(C)C1=CCC1C(=O)C=CC(=O)C12. The summed E-state index contributed by atoms with van der Waals surface area (Å²) in [5.41, 5.74) is 1.48. The van der Waals surface area contributed by atoms with Crippen LogP contribution in [0.2, 0.25) is 0 Å². The average Bonchev–Trinajstić information content (AvgIpc) is 2.32. The Morgan fingerprint density at radius 3 is 2.47 bits per heavy atom. The number of carbonyl (C=O) groups is 2. The predicted octanol–water partition coefficient (Wildman–Crippen LogP) is 3.47. The first kappa shape index (κ1) is 12.8. The molecule has 0 aromatic heterocycles. The maximum Gasteiger partial charge on any atom is 0.160 e. The van der Waals surface area contributed by atoms with Crippen LogP contribution in [0.5, 0.6) is 0 Å². The Balaban J connectivity index is 2.12. The lowest BCUT2D eigenvalue weighted by Crippen LogP contribution is -2.50. The molecular weight excluding hydrogens is 236 g/mol. The second-order valence-corrected chi connectivity index (χ2v) is 7.23. The second kappa shape index (κ2) is 3.91. The van der Waals surface area contributed by atoms with Crippen LogP contribution in [0.25, 0.3) is 0 Å². The molecule has 1 saturated carbocycles. The smallest absolute Gasteiger partial charge is 0.160 e. The molecule has 19 heavy (non-hydrogen) atoms. The number of hydrogen-bond acceptors (Lipinski definition) is 2. The fraction of sp³-hybridized carbons (Fsp3) is 0.647. The molecule has 2 heteroatoms. The molecule has 3 unspecified atom stereocenters. The van der Waals surface area contributed by atoms with Gasteiger partial charge in [-0.2, -0.15) is 0 Å². The summed E-state index contributed by atoms with van der Waals surface area (Å²) in [6, 6.07) is 0. The van der Waals surface area contributed by atoms with Crippen LogP contribution in [-0.2, 0) is 9.59 Å². The Kier molecular flexibility index (Phi) is 2.64. The van der Waals surface area contributed by atoms with Crippen LogP contribution >= 0.6 is 0 Å². The Morgan fingerprint density at radius 1 is 1.05 bits per heavy atom. The van der Waals surface area contributed by atoms with Gasteiger partial charge < -0.3 is 0 Å². The van der Waals surface area contributed by atoms with E-state index in [2.05, 4.69) is 26.8 Å². The molecule has 1 fully saturated rings.